The van der Waals surface area contributed by atoms with Gasteiger partial charge in [-0.1, -0.05) is 30.3 Å². The first-order valence-electron chi connectivity index (χ1n) is 8.82. The van der Waals surface area contributed by atoms with Crippen LogP contribution in [-0.4, -0.2) is 62.4 Å². The van der Waals surface area contributed by atoms with Gasteiger partial charge in [0.25, 0.3) is 0 Å². The van der Waals surface area contributed by atoms with Gasteiger partial charge in [0.2, 0.25) is 18.0 Å². The van der Waals surface area contributed by atoms with Gasteiger partial charge >= 0.3 is 0 Å². The van der Waals surface area contributed by atoms with Crippen molar-refractivity contribution < 1.29 is 27.7 Å². The molecule has 5 nitrogen and oxygen atoms in total. The molecule has 27 heavy (non-hydrogen) atoms. The monoisotopic (exact) mass is 407 g/mol. The van der Waals surface area contributed by atoms with Crippen LogP contribution < -0.4 is 0 Å². The van der Waals surface area contributed by atoms with Gasteiger partial charge in [-0.25, -0.2) is 8.78 Å². The summed E-state index contributed by atoms with van der Waals surface area (Å²) in [4.78, 5) is 1.99. The molecule has 8 heteroatoms. The van der Waals surface area contributed by atoms with Gasteiger partial charge in [-0.05, 0) is 19.4 Å². The summed E-state index contributed by atoms with van der Waals surface area (Å²) >= 11 is 0. The van der Waals surface area contributed by atoms with E-state index in [1.54, 1.807) is 13.8 Å². The minimum absolute atomic E-state index is 0. The molecule has 0 bridgehead atoms. The molecule has 2 heterocycles. The molecule has 0 aliphatic carbocycles. The topological polar surface area (TPSA) is 40.2 Å². The number of alkyl halides is 2. The lowest BCUT2D eigenvalue weighted by atomic mass is 9.89. The summed E-state index contributed by atoms with van der Waals surface area (Å²) in [5, 5.41) is 0. The molecule has 154 valence electrons. The van der Waals surface area contributed by atoms with Crippen molar-refractivity contribution in [1.29, 1.82) is 0 Å². The van der Waals surface area contributed by atoms with Crippen molar-refractivity contribution in [3.8, 4) is 0 Å². The fraction of sp³-hybridized carbons (Fsp3) is 0.684. The van der Waals surface area contributed by atoms with Crippen molar-refractivity contribution in [2.45, 2.75) is 50.6 Å². The van der Waals surface area contributed by atoms with Crippen LogP contribution in [0.2, 0.25) is 0 Å². The molecule has 2 aliphatic heterocycles. The summed E-state index contributed by atoms with van der Waals surface area (Å²) in [5.74, 6) is -3.42. The standard InChI is InChI=1S/C19H27F2NO4.ClH/c1-18(23-3)19(2,24-4)26-16-14(17(20)21)11-22(12-15(16)25-18)10-13-8-6-5-7-9-13;/h5-9,14-17H,10-12H2,1-4H3;1H/t14-,15+,16+,18-,19-;/m0./s1. The summed E-state index contributed by atoms with van der Waals surface area (Å²) < 4.78 is 50.7. The van der Waals surface area contributed by atoms with E-state index in [0.29, 0.717) is 13.1 Å². The third-order valence-electron chi connectivity index (χ3n) is 5.61. The van der Waals surface area contributed by atoms with Gasteiger partial charge in [-0.2, -0.15) is 0 Å². The van der Waals surface area contributed by atoms with Crippen LogP contribution in [0, 0.1) is 5.92 Å². The fourth-order valence-corrected chi connectivity index (χ4v) is 3.80. The van der Waals surface area contributed by atoms with Crippen LogP contribution in [0.3, 0.4) is 0 Å². The molecule has 2 fully saturated rings. The molecule has 1 aromatic rings. The van der Waals surface area contributed by atoms with E-state index in [9.17, 15) is 8.78 Å². The first-order valence-corrected chi connectivity index (χ1v) is 8.82. The van der Waals surface area contributed by atoms with E-state index in [-0.39, 0.29) is 19.0 Å². The van der Waals surface area contributed by atoms with Crippen LogP contribution in [0.15, 0.2) is 30.3 Å². The van der Waals surface area contributed by atoms with Crippen molar-refractivity contribution >= 4 is 12.4 Å². The molecule has 0 radical (unpaired) electrons. The average molecular weight is 408 g/mol. The molecule has 0 N–H and O–H groups in total. The Balaban J connectivity index is 0.00000261. The Morgan fingerprint density at radius 1 is 1.07 bits per heavy atom. The van der Waals surface area contributed by atoms with Gasteiger partial charge in [0.15, 0.2) is 0 Å². The summed E-state index contributed by atoms with van der Waals surface area (Å²) in [6.45, 7) is 4.68. The summed E-state index contributed by atoms with van der Waals surface area (Å²) in [6, 6.07) is 9.80. The van der Waals surface area contributed by atoms with Crippen LogP contribution in [0.4, 0.5) is 8.78 Å². The minimum atomic E-state index is -2.52. The Morgan fingerprint density at radius 2 is 1.67 bits per heavy atom. The summed E-state index contributed by atoms with van der Waals surface area (Å²) in [5.41, 5.74) is 1.08. The molecule has 3 rings (SSSR count). The molecule has 5 atom stereocenters. The van der Waals surface area contributed by atoms with Crippen molar-refractivity contribution in [3.63, 3.8) is 0 Å². The molecule has 2 aliphatic rings. The largest absolute Gasteiger partial charge is 0.349 e. The van der Waals surface area contributed by atoms with Crippen LogP contribution in [0.25, 0.3) is 0 Å². The van der Waals surface area contributed by atoms with Crippen LogP contribution >= 0.6 is 12.4 Å². The number of fused-ring (bicyclic) bond motifs is 1. The fourth-order valence-electron chi connectivity index (χ4n) is 3.80. The van der Waals surface area contributed by atoms with Gasteiger partial charge < -0.3 is 18.9 Å². The van der Waals surface area contributed by atoms with Crippen molar-refractivity contribution in [2.24, 2.45) is 5.92 Å². The van der Waals surface area contributed by atoms with E-state index in [4.69, 9.17) is 18.9 Å². The molecular formula is C19H28ClF2NO4. The van der Waals surface area contributed by atoms with Gasteiger partial charge in [-0.15, -0.1) is 12.4 Å². The highest BCUT2D eigenvalue weighted by Crippen LogP contribution is 2.43. The van der Waals surface area contributed by atoms with E-state index >= 15 is 0 Å². The van der Waals surface area contributed by atoms with E-state index in [0.717, 1.165) is 5.56 Å². The highest BCUT2D eigenvalue weighted by atomic mass is 35.5. The molecule has 0 unspecified atom stereocenters. The van der Waals surface area contributed by atoms with Gasteiger partial charge in [0.1, 0.15) is 6.10 Å². The predicted octanol–water partition coefficient (Wildman–Crippen LogP) is 3.31. The SMILES string of the molecule is CO[C@@]1(C)O[C@@H]2[C@@H](C(F)F)CN(Cc3ccccc3)C[C@H]2O[C@]1(C)OC.Cl. The molecule has 0 saturated carbocycles. The molecule has 1 aromatic carbocycles. The predicted molar refractivity (Wildman–Crippen MR) is 99.0 cm³/mol. The molecule has 0 spiro atoms. The number of rotatable bonds is 5. The second-order valence-corrected chi connectivity index (χ2v) is 7.22. The third kappa shape index (κ3) is 4.28. The Morgan fingerprint density at radius 3 is 2.22 bits per heavy atom. The molecule has 2 saturated heterocycles. The van der Waals surface area contributed by atoms with Crippen molar-refractivity contribution in [1.82, 2.24) is 4.90 Å². The lowest BCUT2D eigenvalue weighted by Crippen LogP contribution is -2.70. The second-order valence-electron chi connectivity index (χ2n) is 7.22. The normalized spacial score (nSPS) is 36.9. The van der Waals surface area contributed by atoms with E-state index in [2.05, 4.69) is 0 Å². The highest BCUT2D eigenvalue weighted by Gasteiger charge is 2.60. The maximum absolute atomic E-state index is 13.8. The zero-order chi connectivity index (χ0) is 18.9. The molecular weight excluding hydrogens is 380 g/mol. The zero-order valence-electron chi connectivity index (χ0n) is 16.1. The van der Waals surface area contributed by atoms with Gasteiger partial charge in [-0.3, -0.25) is 4.90 Å². The highest BCUT2D eigenvalue weighted by molar-refractivity contribution is 5.85. The zero-order valence-corrected chi connectivity index (χ0v) is 16.9. The number of ether oxygens (including phenoxy) is 4. The third-order valence-corrected chi connectivity index (χ3v) is 5.61. The summed E-state index contributed by atoms with van der Waals surface area (Å²) in [7, 11) is 2.96. The number of methoxy groups -OCH3 is 2. The van der Waals surface area contributed by atoms with Crippen LogP contribution in [-0.2, 0) is 25.5 Å². The Labute approximate surface area is 165 Å². The number of piperidine rings is 1. The number of halogens is 3. The van der Waals surface area contributed by atoms with E-state index in [1.807, 2.05) is 35.2 Å². The number of hydrogen-bond donors (Lipinski definition) is 0. The average Bonchev–Trinajstić information content (AvgIpc) is 2.63. The first-order chi connectivity index (χ1) is 12.3. The molecule has 0 amide bonds. The quantitative estimate of drug-likeness (QED) is 0.749. The lowest BCUT2D eigenvalue weighted by Gasteiger charge is -2.56. The number of nitrogens with zero attached hydrogens (tertiary/aromatic N) is 1. The maximum Gasteiger partial charge on any atom is 0.245 e. The smallest absolute Gasteiger partial charge is 0.245 e. The number of likely N-dealkylation sites (tertiary alicyclic amines) is 1. The second kappa shape index (κ2) is 8.68. The van der Waals surface area contributed by atoms with Crippen molar-refractivity contribution in [2.75, 3.05) is 27.3 Å². The number of hydrogen-bond acceptors (Lipinski definition) is 5. The van der Waals surface area contributed by atoms with Crippen LogP contribution in [0.1, 0.15) is 19.4 Å². The minimum Gasteiger partial charge on any atom is -0.349 e. The first kappa shape index (κ1) is 22.5. The lowest BCUT2D eigenvalue weighted by molar-refractivity contribution is -0.459. The maximum atomic E-state index is 13.8. The molecule has 0 aromatic heterocycles. The van der Waals surface area contributed by atoms with Crippen LogP contribution in [0.5, 0.6) is 0 Å². The van der Waals surface area contributed by atoms with E-state index < -0.39 is 36.1 Å². The van der Waals surface area contributed by atoms with Gasteiger partial charge in [0, 0.05) is 33.9 Å². The van der Waals surface area contributed by atoms with Crippen molar-refractivity contribution in [3.05, 3.63) is 35.9 Å². The van der Waals surface area contributed by atoms with E-state index in [1.165, 1.54) is 14.2 Å². The van der Waals surface area contributed by atoms with Gasteiger partial charge in [0.05, 0.1) is 12.0 Å². The number of benzene rings is 1. The Kier molecular flexibility index (Phi) is 7.22. The Bertz CT molecular complexity index is 611. The summed E-state index contributed by atoms with van der Waals surface area (Å²) in [6.07, 6.45) is -3.80. The Hall–Kier alpha value is -0.830.